The van der Waals surface area contributed by atoms with E-state index in [1.807, 2.05) is 20.8 Å². The lowest BCUT2D eigenvalue weighted by Gasteiger charge is -2.10. The highest BCUT2D eigenvalue weighted by Gasteiger charge is 2.17. The molecular formula is C14H19NO3S. The number of benzene rings is 1. The predicted octanol–water partition coefficient (Wildman–Crippen LogP) is 1.27. The van der Waals surface area contributed by atoms with Gasteiger partial charge in [0, 0.05) is 12.1 Å². The van der Waals surface area contributed by atoms with E-state index in [1.165, 1.54) is 0 Å². The molecule has 0 atom stereocenters. The van der Waals surface area contributed by atoms with Gasteiger partial charge in [-0.1, -0.05) is 31.8 Å². The van der Waals surface area contributed by atoms with Gasteiger partial charge in [-0.15, -0.1) is 0 Å². The van der Waals surface area contributed by atoms with Crippen molar-refractivity contribution in [3.05, 3.63) is 29.3 Å². The fraction of sp³-hybridized carbons (Fsp3) is 0.429. The molecule has 0 spiro atoms. The maximum atomic E-state index is 12.2. The molecule has 0 amide bonds. The highest BCUT2D eigenvalue weighted by molar-refractivity contribution is 7.89. The van der Waals surface area contributed by atoms with Crippen LogP contribution in [0.1, 0.15) is 25.0 Å². The van der Waals surface area contributed by atoms with E-state index in [0.29, 0.717) is 12.1 Å². The summed E-state index contributed by atoms with van der Waals surface area (Å²) in [6.45, 7) is 5.81. The van der Waals surface area contributed by atoms with E-state index in [1.54, 1.807) is 18.2 Å². The van der Waals surface area contributed by atoms with Gasteiger partial charge in [0.25, 0.3) is 0 Å². The summed E-state index contributed by atoms with van der Waals surface area (Å²) in [5.74, 6) is 5.39. The molecule has 2 N–H and O–H groups in total. The van der Waals surface area contributed by atoms with Gasteiger partial charge in [-0.2, -0.15) is 0 Å². The number of hydrogen-bond acceptors (Lipinski definition) is 3. The fourth-order valence-electron chi connectivity index (χ4n) is 1.46. The number of aliphatic hydroxyl groups excluding tert-OH is 1. The second-order valence-corrected chi connectivity index (χ2v) is 6.44. The smallest absolute Gasteiger partial charge is 0.241 e. The number of sulfonamides is 1. The first-order valence-corrected chi connectivity index (χ1v) is 7.55. The molecule has 0 aliphatic rings. The van der Waals surface area contributed by atoms with Gasteiger partial charge < -0.3 is 5.11 Å². The molecule has 0 unspecified atom stereocenters. The molecule has 0 radical (unpaired) electrons. The summed E-state index contributed by atoms with van der Waals surface area (Å²) in [5, 5.41) is 8.73. The van der Waals surface area contributed by atoms with Gasteiger partial charge >= 0.3 is 0 Å². The van der Waals surface area contributed by atoms with Crippen LogP contribution < -0.4 is 4.72 Å². The van der Waals surface area contributed by atoms with E-state index in [9.17, 15) is 8.42 Å². The van der Waals surface area contributed by atoms with Crippen molar-refractivity contribution in [2.75, 3.05) is 13.2 Å². The Bertz CT molecular complexity index is 595. The quantitative estimate of drug-likeness (QED) is 0.817. The van der Waals surface area contributed by atoms with Crippen LogP contribution in [0.3, 0.4) is 0 Å². The van der Waals surface area contributed by atoms with Crippen LogP contribution in [0.2, 0.25) is 0 Å². The van der Waals surface area contributed by atoms with Crippen LogP contribution in [0.5, 0.6) is 0 Å². The normalized spacial score (nSPS) is 11.2. The summed E-state index contributed by atoms with van der Waals surface area (Å²) in [7, 11) is -3.57. The van der Waals surface area contributed by atoms with Crippen LogP contribution in [0.25, 0.3) is 0 Å². The van der Waals surface area contributed by atoms with Crippen molar-refractivity contribution in [3.8, 4) is 11.8 Å². The molecule has 104 valence electrons. The molecule has 1 aromatic rings. The van der Waals surface area contributed by atoms with Crippen molar-refractivity contribution >= 4 is 10.0 Å². The zero-order chi connectivity index (χ0) is 14.5. The number of hydrogen-bond donors (Lipinski definition) is 2. The van der Waals surface area contributed by atoms with Gasteiger partial charge in [-0.25, -0.2) is 13.1 Å². The fourth-order valence-corrected chi connectivity index (χ4v) is 2.82. The molecule has 0 bridgehead atoms. The minimum Gasteiger partial charge on any atom is -0.384 e. The van der Waals surface area contributed by atoms with Crippen LogP contribution in [-0.4, -0.2) is 26.7 Å². The van der Waals surface area contributed by atoms with E-state index < -0.39 is 10.0 Å². The van der Waals surface area contributed by atoms with Crippen LogP contribution in [-0.2, 0) is 10.0 Å². The van der Waals surface area contributed by atoms with Gasteiger partial charge in [-0.3, -0.25) is 0 Å². The molecule has 4 nitrogen and oxygen atoms in total. The van der Waals surface area contributed by atoms with Crippen molar-refractivity contribution in [3.63, 3.8) is 0 Å². The summed E-state index contributed by atoms with van der Waals surface area (Å²) >= 11 is 0. The Kier molecular flexibility index (Phi) is 5.55. The highest BCUT2D eigenvalue weighted by atomic mass is 32.2. The summed E-state index contributed by atoms with van der Waals surface area (Å²) in [6, 6.07) is 4.97. The van der Waals surface area contributed by atoms with Gasteiger partial charge in [0.1, 0.15) is 6.61 Å². The molecule has 1 rings (SSSR count). The molecule has 0 aliphatic heterocycles. The highest BCUT2D eigenvalue weighted by Crippen LogP contribution is 2.16. The Morgan fingerprint density at radius 1 is 1.37 bits per heavy atom. The SMILES string of the molecule is Cc1ccc(S(=O)(=O)NCC(C)C)c(C#CCO)c1. The maximum Gasteiger partial charge on any atom is 0.241 e. The topological polar surface area (TPSA) is 66.4 Å². The van der Waals surface area contributed by atoms with E-state index >= 15 is 0 Å². The Hall–Kier alpha value is -1.35. The van der Waals surface area contributed by atoms with Gasteiger partial charge in [0.15, 0.2) is 0 Å². The zero-order valence-electron chi connectivity index (χ0n) is 11.4. The molecule has 0 heterocycles. The third kappa shape index (κ3) is 4.67. The summed E-state index contributed by atoms with van der Waals surface area (Å²) in [6.07, 6.45) is 0. The van der Waals surface area contributed by atoms with Crippen molar-refractivity contribution < 1.29 is 13.5 Å². The lowest BCUT2D eigenvalue weighted by atomic mass is 10.1. The monoisotopic (exact) mass is 281 g/mol. The van der Waals surface area contributed by atoms with Crippen LogP contribution in [0, 0.1) is 24.7 Å². The lowest BCUT2D eigenvalue weighted by Crippen LogP contribution is -2.28. The molecular weight excluding hydrogens is 262 g/mol. The minimum absolute atomic E-state index is 0.153. The summed E-state index contributed by atoms with van der Waals surface area (Å²) in [4.78, 5) is 0.153. The van der Waals surface area contributed by atoms with Gasteiger partial charge in [-0.05, 0) is 30.5 Å². The van der Waals surface area contributed by atoms with E-state index in [4.69, 9.17) is 5.11 Å². The van der Waals surface area contributed by atoms with Crippen molar-refractivity contribution in [1.82, 2.24) is 4.72 Å². The summed E-state index contributed by atoms with van der Waals surface area (Å²) < 4.78 is 26.9. The standard InChI is InChI=1S/C14H19NO3S/c1-11(2)10-15-19(17,18)14-7-6-12(3)9-13(14)5-4-8-16/h6-7,9,11,15-16H,8,10H2,1-3H3. The molecule has 0 saturated heterocycles. The molecule has 0 aliphatic carbocycles. The third-order valence-electron chi connectivity index (χ3n) is 2.41. The first-order chi connectivity index (χ1) is 8.86. The number of nitrogens with one attached hydrogen (secondary N) is 1. The van der Waals surface area contributed by atoms with E-state index in [0.717, 1.165) is 5.56 Å². The first kappa shape index (κ1) is 15.7. The Morgan fingerprint density at radius 3 is 2.63 bits per heavy atom. The molecule has 0 saturated carbocycles. The lowest BCUT2D eigenvalue weighted by molar-refractivity contribution is 0.350. The van der Waals surface area contributed by atoms with Crippen LogP contribution in [0.15, 0.2) is 23.1 Å². The average Bonchev–Trinajstić information content (AvgIpc) is 2.34. The molecule has 19 heavy (non-hydrogen) atoms. The van der Waals surface area contributed by atoms with Gasteiger partial charge in [0.2, 0.25) is 10.0 Å². The van der Waals surface area contributed by atoms with Crippen molar-refractivity contribution in [1.29, 1.82) is 0 Å². The van der Waals surface area contributed by atoms with E-state index in [2.05, 4.69) is 16.6 Å². The van der Waals surface area contributed by atoms with Crippen molar-refractivity contribution in [2.45, 2.75) is 25.7 Å². The molecule has 0 fully saturated rings. The molecule has 0 aromatic heterocycles. The Balaban J connectivity index is 3.18. The Morgan fingerprint density at radius 2 is 2.05 bits per heavy atom. The second kappa shape index (κ2) is 6.71. The number of rotatable bonds is 4. The minimum atomic E-state index is -3.57. The second-order valence-electron chi connectivity index (χ2n) is 4.71. The van der Waals surface area contributed by atoms with Crippen LogP contribution >= 0.6 is 0 Å². The van der Waals surface area contributed by atoms with E-state index in [-0.39, 0.29) is 17.4 Å². The molecule has 5 heteroatoms. The zero-order valence-corrected chi connectivity index (χ0v) is 12.2. The van der Waals surface area contributed by atoms with Crippen LogP contribution in [0.4, 0.5) is 0 Å². The predicted molar refractivity (Wildman–Crippen MR) is 75.2 cm³/mol. The average molecular weight is 281 g/mol. The summed E-state index contributed by atoms with van der Waals surface area (Å²) in [5.41, 5.74) is 1.33. The number of aryl methyl sites for hydroxylation is 1. The van der Waals surface area contributed by atoms with Gasteiger partial charge in [0.05, 0.1) is 4.90 Å². The largest absolute Gasteiger partial charge is 0.384 e. The molecule has 1 aromatic carbocycles. The third-order valence-corrected chi connectivity index (χ3v) is 3.89. The number of aliphatic hydroxyl groups is 1. The van der Waals surface area contributed by atoms with Crippen molar-refractivity contribution in [2.24, 2.45) is 5.92 Å². The Labute approximate surface area is 114 Å². The maximum absolute atomic E-state index is 12.2. The first-order valence-electron chi connectivity index (χ1n) is 6.07.